The van der Waals surface area contributed by atoms with Crippen LogP contribution in [0.15, 0.2) is 0 Å². The van der Waals surface area contributed by atoms with Crippen molar-refractivity contribution in [2.45, 2.75) is 57.5 Å². The van der Waals surface area contributed by atoms with E-state index in [9.17, 15) is 9.59 Å². The van der Waals surface area contributed by atoms with Crippen molar-refractivity contribution in [3.05, 3.63) is 0 Å². The molecule has 0 aromatic heterocycles. The van der Waals surface area contributed by atoms with Crippen LogP contribution in [-0.2, 0) is 9.53 Å². The van der Waals surface area contributed by atoms with E-state index in [4.69, 9.17) is 10.5 Å². The van der Waals surface area contributed by atoms with E-state index in [2.05, 4.69) is 5.32 Å². The number of ether oxygens (including phenoxy) is 1. The average Bonchev–Trinajstić information content (AvgIpc) is 2.47. The van der Waals surface area contributed by atoms with E-state index in [0.717, 1.165) is 45.1 Å². The van der Waals surface area contributed by atoms with Crippen molar-refractivity contribution in [1.82, 2.24) is 10.2 Å². The second-order valence-electron chi connectivity index (χ2n) is 6.04. The van der Waals surface area contributed by atoms with Crippen molar-refractivity contribution in [3.8, 4) is 0 Å². The topological polar surface area (TPSA) is 84.7 Å². The molecular formula is C15H27N3O3. The zero-order valence-corrected chi connectivity index (χ0v) is 12.8. The van der Waals surface area contributed by atoms with Crippen LogP contribution in [0.2, 0.25) is 0 Å². The lowest BCUT2D eigenvalue weighted by atomic mass is 9.83. The molecule has 2 rings (SSSR count). The first kappa shape index (κ1) is 16.1. The van der Waals surface area contributed by atoms with Crippen molar-refractivity contribution >= 4 is 12.0 Å². The van der Waals surface area contributed by atoms with E-state index in [1.807, 2.05) is 4.90 Å². The molecule has 21 heavy (non-hydrogen) atoms. The molecule has 0 aromatic rings. The number of piperidine rings is 1. The quantitative estimate of drug-likeness (QED) is 0.821. The largest absolute Gasteiger partial charge is 0.450 e. The van der Waals surface area contributed by atoms with Gasteiger partial charge in [-0.1, -0.05) is 12.8 Å². The summed E-state index contributed by atoms with van der Waals surface area (Å²) in [7, 11) is 0. The van der Waals surface area contributed by atoms with Gasteiger partial charge in [0.1, 0.15) is 0 Å². The van der Waals surface area contributed by atoms with Gasteiger partial charge in [-0.15, -0.1) is 0 Å². The molecule has 0 spiro atoms. The lowest BCUT2D eigenvalue weighted by molar-refractivity contribution is -0.138. The maximum absolute atomic E-state index is 12.6. The van der Waals surface area contributed by atoms with E-state index in [1.54, 1.807) is 6.92 Å². The summed E-state index contributed by atoms with van der Waals surface area (Å²) in [5, 5.41) is 2.83. The zero-order chi connectivity index (χ0) is 15.2. The summed E-state index contributed by atoms with van der Waals surface area (Å²) < 4.78 is 4.90. The number of amides is 2. The average molecular weight is 297 g/mol. The summed E-state index contributed by atoms with van der Waals surface area (Å²) in [6.45, 7) is 3.47. The van der Waals surface area contributed by atoms with E-state index in [-0.39, 0.29) is 23.9 Å². The smallest absolute Gasteiger partial charge is 0.407 e. The van der Waals surface area contributed by atoms with Gasteiger partial charge in [0.15, 0.2) is 0 Å². The van der Waals surface area contributed by atoms with Gasteiger partial charge in [0.2, 0.25) is 5.91 Å². The van der Waals surface area contributed by atoms with Gasteiger partial charge < -0.3 is 20.7 Å². The Hall–Kier alpha value is -1.30. The van der Waals surface area contributed by atoms with Crippen LogP contribution in [0.1, 0.15) is 45.4 Å². The van der Waals surface area contributed by atoms with Crippen molar-refractivity contribution in [2.75, 3.05) is 19.7 Å². The van der Waals surface area contributed by atoms with Crippen LogP contribution < -0.4 is 11.1 Å². The van der Waals surface area contributed by atoms with Gasteiger partial charge in [-0.25, -0.2) is 4.79 Å². The molecule has 2 aliphatic rings. The molecule has 3 N–H and O–H groups in total. The number of hydrogen-bond donors (Lipinski definition) is 2. The van der Waals surface area contributed by atoms with Crippen LogP contribution in [0.4, 0.5) is 4.79 Å². The molecule has 1 aliphatic heterocycles. The van der Waals surface area contributed by atoms with Gasteiger partial charge >= 0.3 is 6.09 Å². The number of carbonyl (C=O) groups is 2. The van der Waals surface area contributed by atoms with E-state index in [0.29, 0.717) is 13.2 Å². The molecule has 6 heteroatoms. The normalized spacial score (nSPS) is 29.8. The fourth-order valence-electron chi connectivity index (χ4n) is 3.34. The lowest BCUT2D eigenvalue weighted by Crippen LogP contribution is -2.53. The molecule has 1 aliphatic carbocycles. The van der Waals surface area contributed by atoms with Gasteiger partial charge in [0, 0.05) is 25.2 Å². The number of nitrogens with two attached hydrogens (primary N) is 1. The molecule has 120 valence electrons. The van der Waals surface area contributed by atoms with Gasteiger partial charge in [-0.2, -0.15) is 0 Å². The van der Waals surface area contributed by atoms with Crippen LogP contribution in [0.25, 0.3) is 0 Å². The number of likely N-dealkylation sites (tertiary alicyclic amines) is 1. The Morgan fingerprint density at radius 1 is 1.24 bits per heavy atom. The Kier molecular flexibility index (Phi) is 5.85. The molecule has 2 amide bonds. The first-order valence-electron chi connectivity index (χ1n) is 8.09. The highest BCUT2D eigenvalue weighted by molar-refractivity contribution is 5.80. The minimum Gasteiger partial charge on any atom is -0.450 e. The van der Waals surface area contributed by atoms with Crippen molar-refractivity contribution in [3.63, 3.8) is 0 Å². The van der Waals surface area contributed by atoms with Crippen molar-refractivity contribution < 1.29 is 14.3 Å². The third kappa shape index (κ3) is 4.33. The van der Waals surface area contributed by atoms with Gasteiger partial charge in [-0.3, -0.25) is 4.79 Å². The van der Waals surface area contributed by atoms with E-state index >= 15 is 0 Å². The highest BCUT2D eigenvalue weighted by atomic mass is 16.5. The van der Waals surface area contributed by atoms with Crippen molar-refractivity contribution in [2.24, 2.45) is 11.7 Å². The maximum atomic E-state index is 12.6. The fraction of sp³-hybridized carbons (Fsp3) is 0.867. The lowest BCUT2D eigenvalue weighted by Gasteiger charge is -2.37. The Morgan fingerprint density at radius 3 is 2.71 bits per heavy atom. The maximum Gasteiger partial charge on any atom is 0.407 e. The predicted molar refractivity (Wildman–Crippen MR) is 79.7 cm³/mol. The summed E-state index contributed by atoms with van der Waals surface area (Å²) in [5.41, 5.74) is 6.10. The molecule has 1 heterocycles. The molecule has 0 radical (unpaired) electrons. The number of hydrogen-bond acceptors (Lipinski definition) is 4. The SMILES string of the molecule is CCOC(=O)NC1CCCN(C(=O)C2CCCCC2N)C1. The molecule has 1 saturated heterocycles. The Balaban J connectivity index is 1.87. The summed E-state index contributed by atoms with van der Waals surface area (Å²) in [5.74, 6) is 0.123. The third-order valence-electron chi connectivity index (χ3n) is 4.47. The molecule has 3 unspecified atom stereocenters. The Morgan fingerprint density at radius 2 is 2.00 bits per heavy atom. The number of nitrogens with zero attached hydrogens (tertiary/aromatic N) is 1. The summed E-state index contributed by atoms with van der Waals surface area (Å²) in [6.07, 6.45) is 5.44. The predicted octanol–water partition coefficient (Wildman–Crippen LogP) is 1.24. The second-order valence-corrected chi connectivity index (χ2v) is 6.04. The molecular weight excluding hydrogens is 270 g/mol. The van der Waals surface area contributed by atoms with Crippen molar-refractivity contribution in [1.29, 1.82) is 0 Å². The minimum absolute atomic E-state index is 0.00959. The Bertz CT molecular complexity index is 375. The number of alkyl carbamates (subject to hydrolysis) is 1. The molecule has 6 nitrogen and oxygen atoms in total. The van der Waals surface area contributed by atoms with Gasteiger partial charge in [0.25, 0.3) is 0 Å². The standard InChI is InChI=1S/C15H27N3O3/c1-2-21-15(20)17-11-6-5-9-18(10-11)14(19)12-7-3-4-8-13(12)16/h11-13H,2-10,16H2,1H3,(H,17,20). The molecule has 3 atom stereocenters. The van der Waals surface area contributed by atoms with Gasteiger partial charge in [-0.05, 0) is 32.6 Å². The first-order chi connectivity index (χ1) is 10.1. The van der Waals surface area contributed by atoms with E-state index < -0.39 is 6.09 Å². The second kappa shape index (κ2) is 7.64. The number of nitrogens with one attached hydrogen (secondary N) is 1. The highest BCUT2D eigenvalue weighted by Gasteiger charge is 2.34. The van der Waals surface area contributed by atoms with Crippen LogP contribution in [0.3, 0.4) is 0 Å². The minimum atomic E-state index is -0.397. The third-order valence-corrected chi connectivity index (χ3v) is 4.47. The van der Waals surface area contributed by atoms with Crippen LogP contribution in [0.5, 0.6) is 0 Å². The molecule has 2 fully saturated rings. The van der Waals surface area contributed by atoms with Gasteiger partial charge in [0.05, 0.1) is 12.5 Å². The Labute approximate surface area is 126 Å². The highest BCUT2D eigenvalue weighted by Crippen LogP contribution is 2.26. The summed E-state index contributed by atoms with van der Waals surface area (Å²) in [6, 6.07) is -0.0220. The van der Waals surface area contributed by atoms with E-state index in [1.165, 1.54) is 0 Å². The monoisotopic (exact) mass is 297 g/mol. The summed E-state index contributed by atoms with van der Waals surface area (Å²) in [4.78, 5) is 26.0. The zero-order valence-electron chi connectivity index (χ0n) is 12.8. The fourth-order valence-corrected chi connectivity index (χ4v) is 3.34. The molecule has 0 bridgehead atoms. The van der Waals surface area contributed by atoms with Crippen LogP contribution in [-0.4, -0.2) is 48.7 Å². The van der Waals surface area contributed by atoms with Crippen LogP contribution in [0, 0.1) is 5.92 Å². The summed E-state index contributed by atoms with van der Waals surface area (Å²) >= 11 is 0. The molecule has 1 saturated carbocycles. The number of carbonyl (C=O) groups excluding carboxylic acids is 2. The number of rotatable bonds is 3. The van der Waals surface area contributed by atoms with Crippen LogP contribution >= 0.6 is 0 Å². The molecule has 0 aromatic carbocycles. The first-order valence-corrected chi connectivity index (χ1v) is 8.09.